The lowest BCUT2D eigenvalue weighted by Crippen LogP contribution is -2.62. The zero-order valence-electron chi connectivity index (χ0n) is 26.1. The molecule has 0 radical (unpaired) electrons. The van der Waals surface area contributed by atoms with Gasteiger partial charge in [0, 0.05) is 33.2 Å². The van der Waals surface area contributed by atoms with Gasteiger partial charge in [0.2, 0.25) is 0 Å². The first kappa shape index (κ1) is 29.0. The lowest BCUT2D eigenvalue weighted by Gasteiger charge is -2.65. The molecule has 5 aliphatic rings. The second kappa shape index (κ2) is 9.02. The first-order chi connectivity index (χ1) is 17.6. The Hall–Kier alpha value is -0.460. The van der Waals surface area contributed by atoms with Gasteiger partial charge < -0.3 is 24.1 Å². The molecule has 1 N–H and O–H groups in total. The minimum atomic E-state index is -0.334. The van der Waals surface area contributed by atoms with Crippen molar-refractivity contribution in [1.29, 1.82) is 0 Å². The van der Waals surface area contributed by atoms with Crippen molar-refractivity contribution < 1.29 is 24.1 Å². The average Bonchev–Trinajstić information content (AvgIpc) is 3.35. The molecule has 5 rings (SSSR count). The largest absolute Gasteiger partial charge is 0.393 e. The van der Waals surface area contributed by atoms with E-state index in [1.54, 1.807) is 12.7 Å². The predicted molar refractivity (Wildman–Crippen MR) is 151 cm³/mol. The Morgan fingerprint density at radius 3 is 2.21 bits per heavy atom. The number of aliphatic hydroxyl groups excluding tert-OH is 1. The Labute approximate surface area is 232 Å². The van der Waals surface area contributed by atoms with Gasteiger partial charge >= 0.3 is 0 Å². The van der Waals surface area contributed by atoms with Crippen LogP contribution in [0.2, 0.25) is 0 Å². The molecule has 0 amide bonds. The van der Waals surface area contributed by atoms with E-state index >= 15 is 0 Å². The molecule has 1 heterocycles. The SMILES string of the molecule is CO[C@H]1C[C@@]2(C)[C@@H]3C[C@H](O)[C@@H]4C(C)(CC[C@H](OC)C4(C)C)C3=CC[C@]2(C)[C@H]1[C@@]1(C)CC[C@@H](C(C)(C)OC)O1. The molecule has 5 heteroatoms. The number of aliphatic hydroxyl groups is 1. The van der Waals surface area contributed by atoms with Gasteiger partial charge in [-0.05, 0) is 93.3 Å². The quantitative estimate of drug-likeness (QED) is 0.406. The molecule has 11 atom stereocenters. The number of hydrogen-bond donors (Lipinski definition) is 1. The summed E-state index contributed by atoms with van der Waals surface area (Å²) in [4.78, 5) is 0. The van der Waals surface area contributed by atoms with Gasteiger partial charge in [-0.25, -0.2) is 0 Å². The molecule has 3 saturated carbocycles. The molecule has 0 aromatic heterocycles. The maximum Gasteiger partial charge on any atom is 0.0883 e. The minimum Gasteiger partial charge on any atom is -0.393 e. The van der Waals surface area contributed by atoms with Crippen molar-refractivity contribution in [3.63, 3.8) is 0 Å². The highest BCUT2D eigenvalue weighted by Gasteiger charge is 2.71. The molecule has 38 heavy (non-hydrogen) atoms. The van der Waals surface area contributed by atoms with Crippen molar-refractivity contribution in [2.45, 2.75) is 136 Å². The van der Waals surface area contributed by atoms with E-state index in [1.807, 2.05) is 14.2 Å². The monoisotopic (exact) mass is 532 g/mol. The number of rotatable bonds is 5. The third-order valence-electron chi connectivity index (χ3n) is 13.5. The van der Waals surface area contributed by atoms with Crippen molar-refractivity contribution in [2.75, 3.05) is 21.3 Å². The Balaban J connectivity index is 1.55. The minimum absolute atomic E-state index is 0.00674. The Kier molecular flexibility index (Phi) is 6.89. The fourth-order valence-corrected chi connectivity index (χ4v) is 11.3. The van der Waals surface area contributed by atoms with Gasteiger partial charge in [-0.1, -0.05) is 46.3 Å². The average molecular weight is 533 g/mol. The number of fused-ring (bicyclic) bond motifs is 5. The van der Waals surface area contributed by atoms with Crippen molar-refractivity contribution in [3.05, 3.63) is 11.6 Å². The van der Waals surface area contributed by atoms with Crippen molar-refractivity contribution >= 4 is 0 Å². The third-order valence-corrected chi connectivity index (χ3v) is 13.5. The lowest BCUT2D eigenvalue weighted by molar-refractivity contribution is -0.190. The number of allylic oxidation sites excluding steroid dienone is 2. The molecule has 0 aromatic rings. The zero-order chi connectivity index (χ0) is 28.1. The number of methoxy groups -OCH3 is 3. The van der Waals surface area contributed by atoms with Gasteiger partial charge in [0.05, 0.1) is 35.6 Å². The van der Waals surface area contributed by atoms with Gasteiger partial charge in [-0.3, -0.25) is 0 Å². The molecular weight excluding hydrogens is 476 g/mol. The van der Waals surface area contributed by atoms with Crippen LogP contribution < -0.4 is 0 Å². The van der Waals surface area contributed by atoms with Crippen molar-refractivity contribution in [3.8, 4) is 0 Å². The second-order valence-corrected chi connectivity index (χ2v) is 15.8. The molecule has 4 fully saturated rings. The smallest absolute Gasteiger partial charge is 0.0883 e. The fraction of sp³-hybridized carbons (Fsp3) is 0.939. The van der Waals surface area contributed by atoms with E-state index in [0.717, 1.165) is 44.9 Å². The lowest BCUT2D eigenvalue weighted by atomic mass is 9.40. The Morgan fingerprint density at radius 1 is 0.921 bits per heavy atom. The first-order valence-electron chi connectivity index (χ1n) is 15.2. The summed E-state index contributed by atoms with van der Waals surface area (Å²) in [7, 11) is 5.53. The van der Waals surface area contributed by atoms with Crippen LogP contribution in [-0.2, 0) is 18.9 Å². The molecule has 1 saturated heterocycles. The Morgan fingerprint density at radius 2 is 1.61 bits per heavy atom. The van der Waals surface area contributed by atoms with Crippen LogP contribution in [0.4, 0.5) is 0 Å². The summed E-state index contributed by atoms with van der Waals surface area (Å²) in [6.45, 7) is 18.8. The van der Waals surface area contributed by atoms with Crippen LogP contribution in [0.3, 0.4) is 0 Å². The zero-order valence-corrected chi connectivity index (χ0v) is 26.1. The molecule has 0 bridgehead atoms. The Bertz CT molecular complexity index is 957. The number of ether oxygens (including phenoxy) is 4. The third kappa shape index (κ3) is 3.67. The maximum absolute atomic E-state index is 11.9. The second-order valence-electron chi connectivity index (χ2n) is 15.8. The topological polar surface area (TPSA) is 57.2 Å². The fourth-order valence-electron chi connectivity index (χ4n) is 11.3. The summed E-state index contributed by atoms with van der Waals surface area (Å²) < 4.78 is 25.2. The van der Waals surface area contributed by atoms with E-state index in [9.17, 15) is 5.11 Å². The molecular formula is C33H56O5. The van der Waals surface area contributed by atoms with Gasteiger partial charge in [-0.2, -0.15) is 0 Å². The molecule has 218 valence electrons. The summed E-state index contributed by atoms with van der Waals surface area (Å²) in [5.74, 6) is 0.836. The number of hydrogen-bond acceptors (Lipinski definition) is 5. The maximum atomic E-state index is 11.9. The molecule has 1 aliphatic heterocycles. The highest BCUT2D eigenvalue weighted by Crippen LogP contribution is 2.74. The highest BCUT2D eigenvalue weighted by molar-refractivity contribution is 5.35. The van der Waals surface area contributed by atoms with Crippen LogP contribution in [0, 0.1) is 39.4 Å². The molecule has 5 nitrogen and oxygen atoms in total. The summed E-state index contributed by atoms with van der Waals surface area (Å²) in [5, 5.41) is 11.9. The molecule has 1 unspecified atom stereocenters. The van der Waals surface area contributed by atoms with Crippen molar-refractivity contribution in [2.24, 2.45) is 39.4 Å². The molecule has 0 aromatic carbocycles. The van der Waals surface area contributed by atoms with Gasteiger partial charge in [0.15, 0.2) is 0 Å². The van der Waals surface area contributed by atoms with E-state index in [2.05, 4.69) is 61.5 Å². The van der Waals surface area contributed by atoms with Gasteiger partial charge in [-0.15, -0.1) is 0 Å². The van der Waals surface area contributed by atoms with Crippen LogP contribution in [0.15, 0.2) is 11.6 Å². The normalized spacial score (nSPS) is 52.2. The summed E-state index contributed by atoms with van der Waals surface area (Å²) in [6, 6.07) is 0. The van der Waals surface area contributed by atoms with Gasteiger partial charge in [0.25, 0.3) is 0 Å². The van der Waals surface area contributed by atoms with Crippen LogP contribution >= 0.6 is 0 Å². The van der Waals surface area contributed by atoms with Crippen molar-refractivity contribution in [1.82, 2.24) is 0 Å². The first-order valence-corrected chi connectivity index (χ1v) is 15.2. The van der Waals surface area contributed by atoms with E-state index < -0.39 is 0 Å². The summed E-state index contributed by atoms with van der Waals surface area (Å²) in [6.07, 6.45) is 9.74. The molecule has 0 spiro atoms. The van der Waals surface area contributed by atoms with Gasteiger partial charge in [0.1, 0.15) is 0 Å². The standard InChI is InChI=1S/C33H56O5/c1-28(2)24(36-10)13-15-30(5)20-12-16-31(6)27(33(8)17-14-25(38-33)29(3,4)37-11)23(35-9)19-32(31,7)21(20)18-22(34)26(28)30/h12,21-27,34H,13-19H2,1-11H3/t21-,22+,23+,24+,25+,26+,27+,30?,31-,32+,33-/m1/s1. The van der Waals surface area contributed by atoms with Crippen LogP contribution in [0.1, 0.15) is 100 Å². The highest BCUT2D eigenvalue weighted by atomic mass is 16.6. The van der Waals surface area contributed by atoms with E-state index in [4.69, 9.17) is 18.9 Å². The summed E-state index contributed by atoms with van der Waals surface area (Å²) in [5.41, 5.74) is 1.00. The van der Waals surface area contributed by atoms with Crippen LogP contribution in [-0.4, -0.2) is 62.1 Å². The van der Waals surface area contributed by atoms with E-state index in [-0.39, 0.29) is 69.1 Å². The predicted octanol–water partition coefficient (Wildman–Crippen LogP) is 6.57. The van der Waals surface area contributed by atoms with E-state index in [0.29, 0.717) is 5.92 Å². The van der Waals surface area contributed by atoms with Crippen LogP contribution in [0.5, 0.6) is 0 Å². The summed E-state index contributed by atoms with van der Waals surface area (Å²) >= 11 is 0. The molecule has 4 aliphatic carbocycles. The van der Waals surface area contributed by atoms with Crippen LogP contribution in [0.25, 0.3) is 0 Å². The van der Waals surface area contributed by atoms with E-state index in [1.165, 1.54) is 0 Å².